The maximum Gasteiger partial charge on any atom is 0.145 e. The minimum atomic E-state index is 0.413. The number of rotatable bonds is 4. The van der Waals surface area contributed by atoms with Crippen molar-refractivity contribution in [2.45, 2.75) is 33.7 Å². The summed E-state index contributed by atoms with van der Waals surface area (Å²) in [7, 11) is 5.48. The van der Waals surface area contributed by atoms with Crippen molar-refractivity contribution in [3.8, 4) is 11.5 Å². The van der Waals surface area contributed by atoms with Crippen molar-refractivity contribution in [2.75, 3.05) is 26.2 Å². The summed E-state index contributed by atoms with van der Waals surface area (Å²) in [4.78, 5) is 2.19. The third kappa shape index (κ3) is 2.48. The summed E-state index contributed by atoms with van der Waals surface area (Å²) in [5.74, 6) is 1.84. The SMILES string of the molecule is COc1cc(N(C)C(C)C)c(OC)c(C)c1C. The molecule has 1 rings (SSSR count). The van der Waals surface area contributed by atoms with E-state index in [1.54, 1.807) is 14.2 Å². The van der Waals surface area contributed by atoms with Gasteiger partial charge in [-0.1, -0.05) is 0 Å². The molecular weight excluding hydrogens is 214 g/mol. The highest BCUT2D eigenvalue weighted by molar-refractivity contribution is 5.67. The molecule has 0 heterocycles. The molecule has 3 heteroatoms. The molecule has 1 aromatic carbocycles. The van der Waals surface area contributed by atoms with Crippen molar-refractivity contribution in [1.82, 2.24) is 0 Å². The molecule has 0 aromatic heterocycles. The van der Waals surface area contributed by atoms with Gasteiger partial charge in [0.15, 0.2) is 0 Å². The minimum absolute atomic E-state index is 0.413. The maximum absolute atomic E-state index is 5.53. The van der Waals surface area contributed by atoms with E-state index in [2.05, 4.69) is 39.6 Å². The Bertz CT molecular complexity index is 400. The Hall–Kier alpha value is -1.38. The molecule has 0 aliphatic heterocycles. The van der Waals surface area contributed by atoms with Crippen LogP contribution in [0.4, 0.5) is 5.69 Å². The molecule has 0 unspecified atom stereocenters. The zero-order chi connectivity index (χ0) is 13.2. The summed E-state index contributed by atoms with van der Waals surface area (Å²) in [6.07, 6.45) is 0. The first kappa shape index (κ1) is 13.7. The van der Waals surface area contributed by atoms with Gasteiger partial charge in [-0.2, -0.15) is 0 Å². The second-order valence-electron chi connectivity index (χ2n) is 4.59. The molecular formula is C14H23NO2. The van der Waals surface area contributed by atoms with Gasteiger partial charge in [0.1, 0.15) is 11.5 Å². The van der Waals surface area contributed by atoms with Gasteiger partial charge >= 0.3 is 0 Å². The lowest BCUT2D eigenvalue weighted by Gasteiger charge is -2.28. The number of anilines is 1. The van der Waals surface area contributed by atoms with Gasteiger partial charge in [0.25, 0.3) is 0 Å². The predicted molar refractivity (Wildman–Crippen MR) is 72.6 cm³/mol. The van der Waals surface area contributed by atoms with Crippen molar-refractivity contribution in [3.05, 3.63) is 17.2 Å². The monoisotopic (exact) mass is 237 g/mol. The van der Waals surface area contributed by atoms with Gasteiger partial charge in [0.2, 0.25) is 0 Å². The highest BCUT2D eigenvalue weighted by Crippen LogP contribution is 2.39. The molecule has 17 heavy (non-hydrogen) atoms. The Morgan fingerprint density at radius 1 is 1.06 bits per heavy atom. The Morgan fingerprint density at radius 2 is 1.65 bits per heavy atom. The summed E-state index contributed by atoms with van der Waals surface area (Å²) < 4.78 is 10.9. The highest BCUT2D eigenvalue weighted by Gasteiger charge is 2.17. The van der Waals surface area contributed by atoms with Crippen LogP contribution in [0.1, 0.15) is 25.0 Å². The van der Waals surface area contributed by atoms with Gasteiger partial charge in [-0.05, 0) is 38.8 Å². The third-order valence-electron chi connectivity index (χ3n) is 3.35. The topological polar surface area (TPSA) is 21.7 Å². The average molecular weight is 237 g/mol. The molecule has 0 amide bonds. The van der Waals surface area contributed by atoms with E-state index in [4.69, 9.17) is 9.47 Å². The van der Waals surface area contributed by atoms with Gasteiger partial charge < -0.3 is 14.4 Å². The van der Waals surface area contributed by atoms with Crippen molar-refractivity contribution in [1.29, 1.82) is 0 Å². The van der Waals surface area contributed by atoms with E-state index in [0.717, 1.165) is 28.3 Å². The fourth-order valence-electron chi connectivity index (χ4n) is 1.86. The molecule has 0 aliphatic rings. The van der Waals surface area contributed by atoms with E-state index in [0.29, 0.717) is 6.04 Å². The number of benzene rings is 1. The van der Waals surface area contributed by atoms with Crippen LogP contribution in [0.15, 0.2) is 6.07 Å². The Kier molecular flexibility index (Phi) is 4.27. The maximum atomic E-state index is 5.53. The fraction of sp³-hybridized carbons (Fsp3) is 0.571. The molecule has 96 valence electrons. The number of nitrogens with zero attached hydrogens (tertiary/aromatic N) is 1. The summed E-state index contributed by atoms with van der Waals surface area (Å²) in [5.41, 5.74) is 3.34. The first-order valence-electron chi connectivity index (χ1n) is 5.89. The van der Waals surface area contributed by atoms with Crippen LogP contribution in [-0.4, -0.2) is 27.3 Å². The largest absolute Gasteiger partial charge is 0.496 e. The third-order valence-corrected chi connectivity index (χ3v) is 3.35. The Labute approximate surface area is 104 Å². The molecule has 0 radical (unpaired) electrons. The molecule has 0 aliphatic carbocycles. The number of hydrogen-bond acceptors (Lipinski definition) is 3. The lowest BCUT2D eigenvalue weighted by Crippen LogP contribution is -2.26. The lowest BCUT2D eigenvalue weighted by molar-refractivity contribution is 0.397. The van der Waals surface area contributed by atoms with Crippen LogP contribution in [0.2, 0.25) is 0 Å². The zero-order valence-electron chi connectivity index (χ0n) is 11.9. The summed E-state index contributed by atoms with van der Waals surface area (Å²) in [6.45, 7) is 8.42. The van der Waals surface area contributed by atoms with Crippen LogP contribution in [0, 0.1) is 13.8 Å². The van der Waals surface area contributed by atoms with Gasteiger partial charge in [-0.15, -0.1) is 0 Å². The Morgan fingerprint density at radius 3 is 2.06 bits per heavy atom. The molecule has 0 saturated carbocycles. The van der Waals surface area contributed by atoms with Crippen molar-refractivity contribution < 1.29 is 9.47 Å². The average Bonchev–Trinajstić information content (AvgIpc) is 2.31. The van der Waals surface area contributed by atoms with Crippen LogP contribution in [0.5, 0.6) is 11.5 Å². The van der Waals surface area contributed by atoms with E-state index in [-0.39, 0.29) is 0 Å². The molecule has 0 N–H and O–H groups in total. The van der Waals surface area contributed by atoms with E-state index in [9.17, 15) is 0 Å². The normalized spacial score (nSPS) is 10.6. The molecule has 0 atom stereocenters. The quantitative estimate of drug-likeness (QED) is 0.803. The standard InChI is InChI=1S/C14H23NO2/c1-9(2)15(5)12-8-13(16-6)10(3)11(4)14(12)17-7/h8-9H,1-7H3. The van der Waals surface area contributed by atoms with E-state index >= 15 is 0 Å². The molecule has 0 bridgehead atoms. The van der Waals surface area contributed by atoms with Gasteiger partial charge in [-0.25, -0.2) is 0 Å². The van der Waals surface area contributed by atoms with E-state index in [1.807, 2.05) is 6.07 Å². The fourth-order valence-corrected chi connectivity index (χ4v) is 1.86. The van der Waals surface area contributed by atoms with Crippen molar-refractivity contribution in [3.63, 3.8) is 0 Å². The minimum Gasteiger partial charge on any atom is -0.496 e. The van der Waals surface area contributed by atoms with Crippen LogP contribution < -0.4 is 14.4 Å². The molecule has 0 spiro atoms. The number of ether oxygens (including phenoxy) is 2. The Balaban J connectivity index is 3.42. The molecule has 1 aromatic rings. The summed E-state index contributed by atoms with van der Waals surface area (Å²) in [5, 5.41) is 0. The van der Waals surface area contributed by atoms with Crippen LogP contribution in [-0.2, 0) is 0 Å². The molecule has 0 saturated heterocycles. The van der Waals surface area contributed by atoms with Gasteiger partial charge in [0, 0.05) is 19.2 Å². The smallest absolute Gasteiger partial charge is 0.145 e. The first-order chi connectivity index (χ1) is 7.93. The molecule has 3 nitrogen and oxygen atoms in total. The summed E-state index contributed by atoms with van der Waals surface area (Å²) in [6, 6.07) is 2.46. The number of hydrogen-bond donors (Lipinski definition) is 0. The van der Waals surface area contributed by atoms with Crippen molar-refractivity contribution in [2.24, 2.45) is 0 Å². The second kappa shape index (κ2) is 5.30. The second-order valence-corrected chi connectivity index (χ2v) is 4.59. The van der Waals surface area contributed by atoms with E-state index in [1.165, 1.54) is 0 Å². The van der Waals surface area contributed by atoms with Crippen LogP contribution >= 0.6 is 0 Å². The number of methoxy groups -OCH3 is 2. The van der Waals surface area contributed by atoms with Crippen LogP contribution in [0.3, 0.4) is 0 Å². The van der Waals surface area contributed by atoms with Gasteiger partial charge in [0.05, 0.1) is 19.9 Å². The van der Waals surface area contributed by atoms with Crippen molar-refractivity contribution >= 4 is 5.69 Å². The summed E-state index contributed by atoms with van der Waals surface area (Å²) >= 11 is 0. The first-order valence-corrected chi connectivity index (χ1v) is 5.89. The predicted octanol–water partition coefficient (Wildman–Crippen LogP) is 3.17. The molecule has 0 fully saturated rings. The highest BCUT2D eigenvalue weighted by atomic mass is 16.5. The van der Waals surface area contributed by atoms with Crippen LogP contribution in [0.25, 0.3) is 0 Å². The van der Waals surface area contributed by atoms with Gasteiger partial charge in [-0.3, -0.25) is 0 Å². The lowest BCUT2D eigenvalue weighted by atomic mass is 10.1. The van der Waals surface area contributed by atoms with E-state index < -0.39 is 0 Å². The zero-order valence-corrected chi connectivity index (χ0v) is 11.9.